The predicted octanol–water partition coefficient (Wildman–Crippen LogP) is 1.68. The summed E-state index contributed by atoms with van der Waals surface area (Å²) >= 11 is 0. The Morgan fingerprint density at radius 1 is 1.53 bits per heavy atom. The zero-order chi connectivity index (χ0) is 13.8. The minimum atomic E-state index is 0.109. The van der Waals surface area contributed by atoms with Crippen molar-refractivity contribution in [1.29, 1.82) is 0 Å². The molecule has 0 saturated carbocycles. The average Bonchev–Trinajstić information content (AvgIpc) is 2.83. The Morgan fingerprint density at radius 3 is 2.89 bits per heavy atom. The smallest absolute Gasteiger partial charge is 0.220 e. The lowest BCUT2D eigenvalue weighted by Gasteiger charge is -2.25. The molecule has 1 aliphatic heterocycles. The number of aldehydes is 1. The number of amides is 1. The summed E-state index contributed by atoms with van der Waals surface area (Å²) in [6.07, 6.45) is 2.29. The minimum absolute atomic E-state index is 0.109. The van der Waals surface area contributed by atoms with Crippen molar-refractivity contribution in [2.45, 2.75) is 18.9 Å². The number of nitrogens with one attached hydrogen (secondary N) is 1. The normalized spacial score (nSPS) is 17.9. The fourth-order valence-corrected chi connectivity index (χ4v) is 2.32. The van der Waals surface area contributed by atoms with E-state index in [-0.39, 0.29) is 11.9 Å². The van der Waals surface area contributed by atoms with Crippen molar-refractivity contribution in [2.24, 2.45) is 0 Å². The standard InChI is InChI=1S/C15H18N2O2/c1-11(14-6-4-3-5-12(14)10-18)17(2)9-13-7-8-15(19)16-13/h3-6,10,13H,1,7-9H2,2H3,(H,16,19). The Balaban J connectivity index is 2.06. The van der Waals surface area contributed by atoms with Gasteiger partial charge in [0.25, 0.3) is 0 Å². The van der Waals surface area contributed by atoms with E-state index in [0.29, 0.717) is 18.5 Å². The SMILES string of the molecule is C=C(c1ccccc1C=O)N(C)CC1CCC(=O)N1. The third-order valence-corrected chi connectivity index (χ3v) is 3.44. The topological polar surface area (TPSA) is 49.4 Å². The van der Waals surface area contributed by atoms with Gasteiger partial charge in [-0.2, -0.15) is 0 Å². The summed E-state index contributed by atoms with van der Waals surface area (Å²) in [5, 5.41) is 2.93. The lowest BCUT2D eigenvalue weighted by molar-refractivity contribution is -0.119. The van der Waals surface area contributed by atoms with Gasteiger partial charge in [0.2, 0.25) is 5.91 Å². The summed E-state index contributed by atoms with van der Waals surface area (Å²) in [5.41, 5.74) is 2.27. The van der Waals surface area contributed by atoms with Crippen molar-refractivity contribution in [3.63, 3.8) is 0 Å². The van der Waals surface area contributed by atoms with Crippen molar-refractivity contribution in [1.82, 2.24) is 10.2 Å². The van der Waals surface area contributed by atoms with Crippen LogP contribution in [0.25, 0.3) is 5.70 Å². The van der Waals surface area contributed by atoms with Gasteiger partial charge in [0.15, 0.2) is 6.29 Å². The van der Waals surface area contributed by atoms with Crippen LogP contribution in [0.15, 0.2) is 30.8 Å². The second kappa shape index (κ2) is 5.69. The number of hydrogen-bond acceptors (Lipinski definition) is 3. The molecule has 4 nitrogen and oxygen atoms in total. The van der Waals surface area contributed by atoms with Crippen LogP contribution in [-0.4, -0.2) is 36.7 Å². The average molecular weight is 258 g/mol. The molecule has 0 aliphatic carbocycles. The highest BCUT2D eigenvalue weighted by atomic mass is 16.2. The largest absolute Gasteiger partial charge is 0.373 e. The highest BCUT2D eigenvalue weighted by Gasteiger charge is 2.22. The fourth-order valence-electron chi connectivity index (χ4n) is 2.32. The van der Waals surface area contributed by atoms with Crippen LogP contribution in [-0.2, 0) is 4.79 Å². The molecule has 1 fully saturated rings. The third kappa shape index (κ3) is 3.02. The summed E-state index contributed by atoms with van der Waals surface area (Å²) in [4.78, 5) is 24.2. The first-order valence-electron chi connectivity index (χ1n) is 6.36. The summed E-state index contributed by atoms with van der Waals surface area (Å²) in [6, 6.07) is 7.54. The Labute approximate surface area is 113 Å². The van der Waals surface area contributed by atoms with Gasteiger partial charge >= 0.3 is 0 Å². The van der Waals surface area contributed by atoms with Crippen molar-refractivity contribution >= 4 is 17.9 Å². The van der Waals surface area contributed by atoms with E-state index in [1.807, 2.05) is 30.1 Å². The monoisotopic (exact) mass is 258 g/mol. The van der Waals surface area contributed by atoms with Crippen LogP contribution < -0.4 is 5.32 Å². The molecule has 0 aromatic heterocycles. The quantitative estimate of drug-likeness (QED) is 0.817. The van der Waals surface area contributed by atoms with E-state index in [1.54, 1.807) is 6.07 Å². The molecule has 1 heterocycles. The molecule has 100 valence electrons. The molecule has 1 amide bonds. The van der Waals surface area contributed by atoms with Crippen LogP contribution in [0.4, 0.5) is 0 Å². The Kier molecular flexibility index (Phi) is 4.00. The van der Waals surface area contributed by atoms with Crippen LogP contribution in [0.5, 0.6) is 0 Å². The zero-order valence-corrected chi connectivity index (χ0v) is 11.1. The molecular weight excluding hydrogens is 240 g/mol. The van der Waals surface area contributed by atoms with Gasteiger partial charge in [-0.05, 0) is 6.42 Å². The molecule has 1 aliphatic rings. The van der Waals surface area contributed by atoms with Crippen LogP contribution in [0.2, 0.25) is 0 Å². The van der Waals surface area contributed by atoms with Gasteiger partial charge < -0.3 is 10.2 Å². The summed E-state index contributed by atoms with van der Waals surface area (Å²) in [7, 11) is 1.92. The van der Waals surface area contributed by atoms with Gasteiger partial charge in [-0.3, -0.25) is 9.59 Å². The molecule has 1 aromatic rings. The highest BCUT2D eigenvalue weighted by Crippen LogP contribution is 2.20. The van der Waals surface area contributed by atoms with Gasteiger partial charge in [0, 0.05) is 42.9 Å². The molecule has 1 unspecified atom stereocenters. The van der Waals surface area contributed by atoms with Crippen molar-refractivity contribution in [3.8, 4) is 0 Å². The number of rotatable bonds is 5. The number of hydrogen-bond donors (Lipinski definition) is 1. The number of carbonyl (C=O) groups is 2. The van der Waals surface area contributed by atoms with Crippen molar-refractivity contribution < 1.29 is 9.59 Å². The van der Waals surface area contributed by atoms with Crippen LogP contribution in [0, 0.1) is 0 Å². The maximum absolute atomic E-state index is 11.2. The molecule has 4 heteroatoms. The van der Waals surface area contributed by atoms with Gasteiger partial charge in [-0.25, -0.2) is 0 Å². The number of benzene rings is 1. The van der Waals surface area contributed by atoms with Gasteiger partial charge in [-0.15, -0.1) is 0 Å². The molecule has 1 saturated heterocycles. The van der Waals surface area contributed by atoms with Crippen LogP contribution in [0.1, 0.15) is 28.8 Å². The number of carbonyl (C=O) groups excluding carboxylic acids is 2. The van der Waals surface area contributed by atoms with E-state index >= 15 is 0 Å². The number of likely N-dealkylation sites (N-methyl/N-ethyl adjacent to an activating group) is 1. The molecule has 0 bridgehead atoms. The van der Waals surface area contributed by atoms with E-state index in [0.717, 1.165) is 24.0 Å². The molecule has 19 heavy (non-hydrogen) atoms. The zero-order valence-electron chi connectivity index (χ0n) is 11.1. The lowest BCUT2D eigenvalue weighted by atomic mass is 10.1. The van der Waals surface area contributed by atoms with Gasteiger partial charge in [-0.1, -0.05) is 30.8 Å². The van der Waals surface area contributed by atoms with E-state index in [1.165, 1.54) is 0 Å². The Hall–Kier alpha value is -2.10. The van der Waals surface area contributed by atoms with Gasteiger partial charge in [0.1, 0.15) is 0 Å². The Morgan fingerprint density at radius 2 is 2.26 bits per heavy atom. The maximum atomic E-state index is 11.2. The van der Waals surface area contributed by atoms with E-state index in [9.17, 15) is 9.59 Å². The summed E-state index contributed by atoms with van der Waals surface area (Å²) < 4.78 is 0. The molecular formula is C15H18N2O2. The first kappa shape index (κ1) is 13.3. The second-order valence-corrected chi connectivity index (χ2v) is 4.84. The first-order valence-corrected chi connectivity index (χ1v) is 6.36. The minimum Gasteiger partial charge on any atom is -0.373 e. The lowest BCUT2D eigenvalue weighted by Crippen LogP contribution is -2.36. The maximum Gasteiger partial charge on any atom is 0.220 e. The predicted molar refractivity (Wildman–Crippen MR) is 74.7 cm³/mol. The van der Waals surface area contributed by atoms with Crippen molar-refractivity contribution in [2.75, 3.05) is 13.6 Å². The van der Waals surface area contributed by atoms with E-state index < -0.39 is 0 Å². The fraction of sp³-hybridized carbons (Fsp3) is 0.333. The Bertz CT molecular complexity index is 511. The van der Waals surface area contributed by atoms with Crippen LogP contribution >= 0.6 is 0 Å². The van der Waals surface area contributed by atoms with Crippen LogP contribution in [0.3, 0.4) is 0 Å². The number of nitrogens with zero attached hydrogens (tertiary/aromatic N) is 1. The second-order valence-electron chi connectivity index (χ2n) is 4.84. The van der Waals surface area contributed by atoms with E-state index in [2.05, 4.69) is 11.9 Å². The molecule has 2 rings (SSSR count). The van der Waals surface area contributed by atoms with E-state index in [4.69, 9.17) is 0 Å². The first-order chi connectivity index (χ1) is 9.11. The molecule has 1 atom stereocenters. The third-order valence-electron chi connectivity index (χ3n) is 3.44. The summed E-state index contributed by atoms with van der Waals surface area (Å²) in [6.45, 7) is 4.76. The molecule has 1 aromatic carbocycles. The van der Waals surface area contributed by atoms with Crippen molar-refractivity contribution in [3.05, 3.63) is 42.0 Å². The summed E-state index contributed by atoms with van der Waals surface area (Å²) in [5.74, 6) is 0.109. The highest BCUT2D eigenvalue weighted by molar-refractivity contribution is 5.84. The molecule has 0 radical (unpaired) electrons. The van der Waals surface area contributed by atoms with Gasteiger partial charge in [0.05, 0.1) is 0 Å². The molecule has 0 spiro atoms. The molecule has 1 N–H and O–H groups in total.